The van der Waals surface area contributed by atoms with Gasteiger partial charge in [-0.15, -0.1) is 0 Å². The van der Waals surface area contributed by atoms with Crippen molar-refractivity contribution in [3.8, 4) is 0 Å². The van der Waals surface area contributed by atoms with E-state index in [1.165, 1.54) is 25.7 Å². The summed E-state index contributed by atoms with van der Waals surface area (Å²) < 4.78 is 0. The average Bonchev–Trinajstić information content (AvgIpc) is 1.87. The Balaban J connectivity index is 2.51. The van der Waals surface area contributed by atoms with E-state index in [1.807, 2.05) is 0 Å². The minimum atomic E-state index is 0.382. The number of hydrogen-bond donors (Lipinski definition) is 1. The lowest BCUT2D eigenvalue weighted by Gasteiger charge is -2.37. The normalized spacial score (nSPS) is 32.1. The molecule has 0 unspecified atom stereocenters. The van der Waals surface area contributed by atoms with E-state index in [-0.39, 0.29) is 0 Å². The van der Waals surface area contributed by atoms with E-state index in [0.29, 0.717) is 17.9 Å². The van der Waals surface area contributed by atoms with Gasteiger partial charge in [0.05, 0.1) is 0 Å². The molecule has 0 spiro atoms. The van der Waals surface area contributed by atoms with Gasteiger partial charge in [0.2, 0.25) is 0 Å². The van der Waals surface area contributed by atoms with Gasteiger partial charge in [-0.3, -0.25) is 0 Å². The van der Waals surface area contributed by atoms with E-state index in [9.17, 15) is 0 Å². The lowest BCUT2D eigenvalue weighted by molar-refractivity contribution is 0.0739. The zero-order valence-electron chi connectivity index (χ0n) is 7.06. The molecule has 1 saturated carbocycles. The Kier molecular flexibility index (Phi) is 2.35. The van der Waals surface area contributed by atoms with Crippen molar-refractivity contribution in [2.45, 2.75) is 39.5 Å². The van der Waals surface area contributed by atoms with Crippen LogP contribution in [0.4, 0.5) is 0 Å². The van der Waals surface area contributed by atoms with Gasteiger partial charge in [0.15, 0.2) is 0 Å². The third kappa shape index (κ3) is 1.51. The Morgan fingerprint density at radius 3 is 2.50 bits per heavy atom. The second-order valence-electron chi connectivity index (χ2n) is 4.11. The van der Waals surface area contributed by atoms with Crippen molar-refractivity contribution in [1.82, 2.24) is 0 Å². The molecule has 1 N–H and O–H groups in total. The minimum Gasteiger partial charge on any atom is -0.396 e. The maximum Gasteiger partial charge on any atom is 0.0464 e. The molecule has 1 nitrogen and oxygen atoms in total. The Morgan fingerprint density at radius 1 is 1.40 bits per heavy atom. The van der Waals surface area contributed by atoms with Crippen molar-refractivity contribution in [3.05, 3.63) is 0 Å². The molecule has 1 aliphatic carbocycles. The van der Waals surface area contributed by atoms with E-state index in [2.05, 4.69) is 13.8 Å². The fraction of sp³-hybridized carbons (Fsp3) is 1.00. The van der Waals surface area contributed by atoms with E-state index >= 15 is 0 Å². The van der Waals surface area contributed by atoms with Gasteiger partial charge in [0, 0.05) is 6.61 Å². The third-order valence-corrected chi connectivity index (χ3v) is 2.95. The van der Waals surface area contributed by atoms with Gasteiger partial charge in [-0.2, -0.15) is 0 Å². The molecule has 0 aliphatic heterocycles. The summed E-state index contributed by atoms with van der Waals surface area (Å²) in [4.78, 5) is 0. The average molecular weight is 142 g/mol. The molecule has 1 fully saturated rings. The van der Waals surface area contributed by atoms with Gasteiger partial charge in [0.25, 0.3) is 0 Å². The highest BCUT2D eigenvalue weighted by Gasteiger charge is 2.31. The van der Waals surface area contributed by atoms with Crippen LogP contribution in [0.5, 0.6) is 0 Å². The lowest BCUT2D eigenvalue weighted by Crippen LogP contribution is -2.30. The van der Waals surface area contributed by atoms with E-state index < -0.39 is 0 Å². The van der Waals surface area contributed by atoms with Crippen LogP contribution in [0.25, 0.3) is 0 Å². The Morgan fingerprint density at radius 2 is 2.10 bits per heavy atom. The van der Waals surface area contributed by atoms with Crippen molar-refractivity contribution in [2.75, 3.05) is 6.61 Å². The van der Waals surface area contributed by atoms with Crippen LogP contribution in [-0.4, -0.2) is 11.7 Å². The highest BCUT2D eigenvalue weighted by Crippen LogP contribution is 2.39. The number of rotatable bonds is 1. The van der Waals surface area contributed by atoms with Crippen LogP contribution in [0, 0.1) is 11.3 Å². The van der Waals surface area contributed by atoms with Gasteiger partial charge < -0.3 is 5.11 Å². The van der Waals surface area contributed by atoms with E-state index in [1.54, 1.807) is 0 Å². The number of aliphatic hydroxyl groups excluding tert-OH is 1. The van der Waals surface area contributed by atoms with Crippen LogP contribution in [0.15, 0.2) is 0 Å². The summed E-state index contributed by atoms with van der Waals surface area (Å²) >= 11 is 0. The Hall–Kier alpha value is -0.0400. The predicted octanol–water partition coefficient (Wildman–Crippen LogP) is 2.20. The van der Waals surface area contributed by atoms with Crippen LogP contribution in [0.1, 0.15) is 39.5 Å². The summed E-state index contributed by atoms with van der Waals surface area (Å²) in [5.74, 6) is 0.557. The van der Waals surface area contributed by atoms with E-state index in [0.717, 1.165) is 0 Å². The maximum absolute atomic E-state index is 9.03. The molecule has 0 aromatic heterocycles. The Labute approximate surface area is 63.4 Å². The molecule has 0 amide bonds. The van der Waals surface area contributed by atoms with Crippen LogP contribution in [-0.2, 0) is 0 Å². The first kappa shape index (κ1) is 8.06. The van der Waals surface area contributed by atoms with Crippen molar-refractivity contribution < 1.29 is 5.11 Å². The second-order valence-corrected chi connectivity index (χ2v) is 4.11. The fourth-order valence-corrected chi connectivity index (χ4v) is 1.90. The summed E-state index contributed by atoms with van der Waals surface area (Å²) in [7, 11) is 0. The smallest absolute Gasteiger partial charge is 0.0464 e. The van der Waals surface area contributed by atoms with Crippen LogP contribution >= 0.6 is 0 Å². The molecule has 0 saturated heterocycles. The number of hydrogen-bond acceptors (Lipinski definition) is 1. The topological polar surface area (TPSA) is 20.2 Å². The summed E-state index contributed by atoms with van der Waals surface area (Å²) in [5, 5.41) is 9.03. The molecule has 60 valence electrons. The lowest BCUT2D eigenvalue weighted by atomic mass is 9.69. The second kappa shape index (κ2) is 2.91. The molecule has 1 heteroatoms. The highest BCUT2D eigenvalue weighted by atomic mass is 16.3. The van der Waals surface area contributed by atoms with Gasteiger partial charge in [-0.1, -0.05) is 26.7 Å². The molecule has 0 bridgehead atoms. The van der Waals surface area contributed by atoms with Crippen LogP contribution in [0.2, 0.25) is 0 Å². The highest BCUT2D eigenvalue weighted by molar-refractivity contribution is 4.81. The molecule has 0 radical (unpaired) electrons. The molecule has 1 atom stereocenters. The summed E-state index contributed by atoms with van der Waals surface area (Å²) in [6, 6.07) is 0. The van der Waals surface area contributed by atoms with Gasteiger partial charge in [-0.05, 0) is 24.2 Å². The zero-order chi connectivity index (χ0) is 7.61. The van der Waals surface area contributed by atoms with E-state index in [4.69, 9.17) is 5.11 Å². The monoisotopic (exact) mass is 142 g/mol. The largest absolute Gasteiger partial charge is 0.396 e. The van der Waals surface area contributed by atoms with Gasteiger partial charge in [-0.25, -0.2) is 0 Å². The van der Waals surface area contributed by atoms with Gasteiger partial charge >= 0.3 is 0 Å². The summed E-state index contributed by atoms with van der Waals surface area (Å²) in [6.45, 7) is 4.92. The SMILES string of the molecule is CC1(C)CCCC[C@@H]1CO. The minimum absolute atomic E-state index is 0.382. The van der Waals surface area contributed by atoms with Gasteiger partial charge in [0.1, 0.15) is 0 Å². The molecular formula is C9H18O. The molecule has 10 heavy (non-hydrogen) atoms. The summed E-state index contributed by atoms with van der Waals surface area (Å²) in [6.07, 6.45) is 5.18. The predicted molar refractivity (Wildman–Crippen MR) is 42.8 cm³/mol. The standard InChI is InChI=1S/C9H18O/c1-9(2)6-4-3-5-8(9)7-10/h8,10H,3-7H2,1-2H3/t8-/m1/s1. The quantitative estimate of drug-likeness (QED) is 0.595. The first-order chi connectivity index (χ1) is 4.67. The third-order valence-electron chi connectivity index (χ3n) is 2.95. The molecule has 0 aromatic carbocycles. The fourth-order valence-electron chi connectivity index (χ4n) is 1.90. The van der Waals surface area contributed by atoms with Crippen LogP contribution in [0.3, 0.4) is 0 Å². The molecule has 0 heterocycles. The summed E-state index contributed by atoms with van der Waals surface area (Å²) in [5.41, 5.74) is 0.396. The maximum atomic E-state index is 9.03. The Bertz CT molecular complexity index is 107. The first-order valence-corrected chi connectivity index (χ1v) is 4.27. The van der Waals surface area contributed by atoms with Crippen molar-refractivity contribution in [2.24, 2.45) is 11.3 Å². The first-order valence-electron chi connectivity index (χ1n) is 4.27. The van der Waals surface area contributed by atoms with Crippen molar-refractivity contribution in [3.63, 3.8) is 0 Å². The molecular weight excluding hydrogens is 124 g/mol. The molecule has 1 rings (SSSR count). The molecule has 1 aliphatic rings. The number of aliphatic hydroxyl groups is 1. The zero-order valence-corrected chi connectivity index (χ0v) is 7.06. The van der Waals surface area contributed by atoms with Crippen molar-refractivity contribution in [1.29, 1.82) is 0 Å². The van der Waals surface area contributed by atoms with Crippen molar-refractivity contribution >= 4 is 0 Å². The van der Waals surface area contributed by atoms with Crippen LogP contribution < -0.4 is 0 Å². The molecule has 0 aromatic rings.